The van der Waals surface area contributed by atoms with Crippen molar-refractivity contribution in [3.8, 4) is 0 Å². The van der Waals surface area contributed by atoms with Crippen LogP contribution in [0.1, 0.15) is 12.0 Å². The second-order valence-corrected chi connectivity index (χ2v) is 7.01. The summed E-state index contributed by atoms with van der Waals surface area (Å²) in [4.78, 5) is 22.2. The molecule has 0 spiro atoms. The van der Waals surface area contributed by atoms with Crippen LogP contribution >= 0.6 is 27.5 Å². The maximum Gasteiger partial charge on any atom is 0.404 e. The first-order valence-electron chi connectivity index (χ1n) is 7.96. The highest BCUT2D eigenvalue weighted by atomic mass is 79.9. The zero-order valence-corrected chi connectivity index (χ0v) is 16.5. The second-order valence-electron chi connectivity index (χ2n) is 5.75. The number of hydrogen-bond donors (Lipinski definition) is 1. The van der Waals surface area contributed by atoms with Crippen molar-refractivity contribution in [3.63, 3.8) is 0 Å². The number of rotatable bonds is 7. The highest BCUT2D eigenvalue weighted by Gasteiger charge is 2.19. The van der Waals surface area contributed by atoms with E-state index in [0.29, 0.717) is 22.9 Å². The lowest BCUT2D eigenvalue weighted by atomic mass is 10.2. The molecule has 1 amide bonds. The normalized spacial score (nSPS) is 10.8. The second kappa shape index (κ2) is 8.48. The zero-order valence-electron chi connectivity index (χ0n) is 14.2. The molecule has 0 fully saturated rings. The Labute approximate surface area is 171 Å². The van der Waals surface area contributed by atoms with Gasteiger partial charge in [0.05, 0.1) is 24.4 Å². The average Bonchev–Trinajstić information content (AvgIpc) is 3.22. The first-order chi connectivity index (χ1) is 13.3. The summed E-state index contributed by atoms with van der Waals surface area (Å²) in [5.74, 6) is -0.703. The van der Waals surface area contributed by atoms with Crippen LogP contribution in [0.15, 0.2) is 41.1 Å². The molecule has 0 aliphatic heterocycles. The molecule has 2 aromatic heterocycles. The van der Waals surface area contributed by atoms with Gasteiger partial charge in [-0.05, 0) is 38.5 Å². The summed E-state index contributed by atoms with van der Waals surface area (Å²) in [5, 5.41) is 21.7. The molecule has 28 heavy (non-hydrogen) atoms. The summed E-state index contributed by atoms with van der Waals surface area (Å²) in [6.07, 6.45) is 3.15. The monoisotopic (exact) mass is 470 g/mol. The van der Waals surface area contributed by atoms with Crippen LogP contribution in [0.2, 0.25) is 5.02 Å². The van der Waals surface area contributed by atoms with Crippen molar-refractivity contribution < 1.29 is 14.1 Å². The Morgan fingerprint density at radius 2 is 2.11 bits per heavy atom. The van der Waals surface area contributed by atoms with Gasteiger partial charge in [-0.25, -0.2) is 4.39 Å². The van der Waals surface area contributed by atoms with E-state index >= 15 is 0 Å². The molecule has 0 radical (unpaired) electrons. The van der Waals surface area contributed by atoms with Crippen LogP contribution in [0.25, 0.3) is 0 Å². The van der Waals surface area contributed by atoms with E-state index in [1.54, 1.807) is 23.0 Å². The number of carbonyl (C=O) groups excluding carboxylic acids is 1. The minimum Gasteiger partial charge on any atom is -0.358 e. The molecule has 1 N–H and O–H groups in total. The fourth-order valence-electron chi connectivity index (χ4n) is 2.39. The van der Waals surface area contributed by atoms with E-state index < -0.39 is 10.7 Å². The van der Waals surface area contributed by atoms with Crippen molar-refractivity contribution in [1.29, 1.82) is 0 Å². The molecule has 0 aliphatic carbocycles. The summed E-state index contributed by atoms with van der Waals surface area (Å²) in [6, 6.07) is 5.72. The van der Waals surface area contributed by atoms with Gasteiger partial charge in [-0.2, -0.15) is 9.78 Å². The van der Waals surface area contributed by atoms with Gasteiger partial charge in [0, 0.05) is 23.7 Å². The largest absolute Gasteiger partial charge is 0.404 e. The van der Waals surface area contributed by atoms with Crippen LogP contribution in [0.3, 0.4) is 0 Å². The fourth-order valence-corrected chi connectivity index (χ4v) is 3.07. The highest BCUT2D eigenvalue weighted by Crippen LogP contribution is 2.22. The highest BCUT2D eigenvalue weighted by molar-refractivity contribution is 9.10. The predicted molar refractivity (Wildman–Crippen MR) is 103 cm³/mol. The number of benzene rings is 1. The standard InChI is InChI=1S/C16H13BrClFN6O3/c17-12-9-24(22-16(12)25(27)28)6-4-15(26)20-14-3-5-23(21-14)8-10-1-2-11(19)7-13(10)18/h1-3,5,7,9H,4,6,8H2,(H,20,21,26). The zero-order chi connectivity index (χ0) is 20.3. The molecule has 0 aliphatic rings. The van der Waals surface area contributed by atoms with E-state index in [-0.39, 0.29) is 29.2 Å². The topological polar surface area (TPSA) is 108 Å². The molecule has 2 heterocycles. The average molecular weight is 472 g/mol. The Morgan fingerprint density at radius 1 is 1.32 bits per heavy atom. The Bertz CT molecular complexity index is 1040. The summed E-state index contributed by atoms with van der Waals surface area (Å²) in [6.45, 7) is 0.490. The maximum absolute atomic E-state index is 13.1. The SMILES string of the molecule is O=C(CCn1cc(Br)c([N+](=O)[O-])n1)Nc1ccn(Cc2ccc(F)cc2Cl)n1. The van der Waals surface area contributed by atoms with Crippen molar-refractivity contribution in [2.45, 2.75) is 19.5 Å². The molecule has 9 nitrogen and oxygen atoms in total. The number of hydrogen-bond acceptors (Lipinski definition) is 5. The van der Waals surface area contributed by atoms with E-state index in [4.69, 9.17) is 11.6 Å². The van der Waals surface area contributed by atoms with Gasteiger partial charge in [0.15, 0.2) is 5.82 Å². The van der Waals surface area contributed by atoms with Gasteiger partial charge in [0.25, 0.3) is 0 Å². The molecule has 0 unspecified atom stereocenters. The van der Waals surface area contributed by atoms with Gasteiger partial charge in [0.1, 0.15) is 10.3 Å². The van der Waals surface area contributed by atoms with Crippen LogP contribution in [0.4, 0.5) is 16.0 Å². The molecule has 0 bridgehead atoms. The Kier molecular flexibility index (Phi) is 6.05. The number of nitrogens with zero attached hydrogens (tertiary/aromatic N) is 5. The van der Waals surface area contributed by atoms with Crippen LogP contribution < -0.4 is 5.32 Å². The molecule has 0 saturated heterocycles. The lowest BCUT2D eigenvalue weighted by Gasteiger charge is -2.05. The van der Waals surface area contributed by atoms with Crippen LogP contribution in [0, 0.1) is 15.9 Å². The van der Waals surface area contributed by atoms with Crippen molar-refractivity contribution in [1.82, 2.24) is 19.6 Å². The van der Waals surface area contributed by atoms with Gasteiger partial charge in [-0.15, -0.1) is 0 Å². The van der Waals surface area contributed by atoms with Crippen LogP contribution in [0.5, 0.6) is 0 Å². The number of anilines is 1. The third kappa shape index (κ3) is 4.93. The number of carbonyl (C=O) groups is 1. The van der Waals surface area contributed by atoms with Crippen molar-refractivity contribution >= 4 is 45.1 Å². The van der Waals surface area contributed by atoms with Gasteiger partial charge >= 0.3 is 5.82 Å². The Balaban J connectivity index is 1.55. The first kappa shape index (κ1) is 20.0. The van der Waals surface area contributed by atoms with E-state index in [1.165, 1.54) is 23.0 Å². The lowest BCUT2D eigenvalue weighted by molar-refractivity contribution is -0.390. The van der Waals surface area contributed by atoms with Crippen molar-refractivity contribution in [2.75, 3.05) is 5.32 Å². The fraction of sp³-hybridized carbons (Fsp3) is 0.188. The molecular formula is C16H13BrClFN6O3. The third-order valence-corrected chi connectivity index (χ3v) is 4.61. The molecule has 0 atom stereocenters. The van der Waals surface area contributed by atoms with Gasteiger partial charge in [-0.3, -0.25) is 9.48 Å². The molecule has 0 saturated carbocycles. The predicted octanol–water partition coefficient (Wildman–Crippen LogP) is 3.62. The summed E-state index contributed by atoms with van der Waals surface area (Å²) in [5.41, 5.74) is 0.690. The maximum atomic E-state index is 13.1. The Hall–Kier alpha value is -2.79. The van der Waals surface area contributed by atoms with Gasteiger partial charge in [0.2, 0.25) is 5.91 Å². The number of aromatic nitrogens is 4. The van der Waals surface area contributed by atoms with Crippen LogP contribution in [-0.4, -0.2) is 30.4 Å². The van der Waals surface area contributed by atoms with E-state index in [1.807, 2.05) is 0 Å². The molecule has 12 heteroatoms. The lowest BCUT2D eigenvalue weighted by Crippen LogP contribution is -2.15. The third-order valence-electron chi connectivity index (χ3n) is 3.70. The molecular weight excluding hydrogens is 459 g/mol. The molecule has 3 aromatic rings. The number of aryl methyl sites for hydroxylation is 1. The van der Waals surface area contributed by atoms with E-state index in [9.17, 15) is 19.3 Å². The first-order valence-corrected chi connectivity index (χ1v) is 9.13. The minimum absolute atomic E-state index is 0.0575. The summed E-state index contributed by atoms with van der Waals surface area (Å²) in [7, 11) is 0. The Morgan fingerprint density at radius 3 is 2.79 bits per heavy atom. The van der Waals surface area contributed by atoms with E-state index in [2.05, 4.69) is 31.4 Å². The summed E-state index contributed by atoms with van der Waals surface area (Å²) >= 11 is 9.05. The van der Waals surface area contributed by atoms with Crippen molar-refractivity contribution in [3.05, 3.63) is 67.6 Å². The van der Waals surface area contributed by atoms with Gasteiger partial charge in [-0.1, -0.05) is 17.7 Å². The molecule has 146 valence electrons. The molecule has 1 aromatic carbocycles. The number of halogens is 3. The smallest absolute Gasteiger partial charge is 0.358 e. The number of nitrogens with one attached hydrogen (secondary N) is 1. The van der Waals surface area contributed by atoms with E-state index in [0.717, 1.165) is 0 Å². The van der Waals surface area contributed by atoms with Crippen LogP contribution in [-0.2, 0) is 17.9 Å². The summed E-state index contributed by atoms with van der Waals surface area (Å²) < 4.78 is 16.2. The number of nitro groups is 1. The number of amides is 1. The minimum atomic E-state index is -0.610. The van der Waals surface area contributed by atoms with Crippen molar-refractivity contribution in [2.24, 2.45) is 0 Å². The quantitative estimate of drug-likeness (QED) is 0.418. The van der Waals surface area contributed by atoms with Gasteiger partial charge < -0.3 is 15.4 Å². The molecule has 3 rings (SSSR count).